The van der Waals surface area contributed by atoms with Gasteiger partial charge in [-0.2, -0.15) is 55.3 Å². The second-order valence-electron chi connectivity index (χ2n) is 25.6. The van der Waals surface area contributed by atoms with Gasteiger partial charge in [0.05, 0.1) is 63.7 Å². The van der Waals surface area contributed by atoms with Gasteiger partial charge >= 0.3 is 42.4 Å². The molecule has 0 aliphatic heterocycles. The van der Waals surface area contributed by atoms with E-state index in [0.717, 1.165) is 18.2 Å². The summed E-state index contributed by atoms with van der Waals surface area (Å²) in [4.78, 5) is 66.5. The Hall–Kier alpha value is -6.91. The number of likely N-dealkylation sites (N-methyl/N-ethyl adjacent to an activating group) is 3. The maximum atomic E-state index is 15.4. The Morgan fingerprint density at radius 3 is 1.53 bits per heavy atom. The molecule has 2 aliphatic rings. The lowest BCUT2D eigenvalue weighted by molar-refractivity contribution is -0.192. The number of hydrogen-bond donors (Lipinski definition) is 1. The molecule has 2 saturated carbocycles. The van der Waals surface area contributed by atoms with E-state index >= 15 is 39.5 Å². The van der Waals surface area contributed by atoms with Gasteiger partial charge in [-0.05, 0) is 98.2 Å². The molecule has 1 N–H and O–H groups in total. The van der Waals surface area contributed by atoms with Crippen molar-refractivity contribution in [2.45, 2.75) is 143 Å². The molecule has 0 aromatic rings. The lowest BCUT2D eigenvalue weighted by atomic mass is 9.65. The Labute approximate surface area is 544 Å². The largest absolute Gasteiger partial charge is 0.461 e. The molecule has 0 aromatic heterocycles. The smallest absolute Gasteiger partial charge is 0.418 e. The summed E-state index contributed by atoms with van der Waals surface area (Å²) in [6.07, 6.45) is -14.8. The molecule has 6 atom stereocenters. The normalized spacial score (nSPS) is 20.8. The van der Waals surface area contributed by atoms with Crippen molar-refractivity contribution in [3.8, 4) is 18.2 Å². The molecular formula is C65H89F9N6O14. The number of aliphatic hydroxyl groups is 1. The highest BCUT2D eigenvalue weighted by atomic mass is 19.4. The molecule has 526 valence electrons. The average Bonchev–Trinajstić information content (AvgIpc) is 0.768. The highest BCUT2D eigenvalue weighted by molar-refractivity contribution is 5.95. The van der Waals surface area contributed by atoms with Crippen molar-refractivity contribution in [3.63, 3.8) is 0 Å². The topological polar surface area (TPSA) is 261 Å². The summed E-state index contributed by atoms with van der Waals surface area (Å²) in [5.41, 5.74) is -9.70. The molecule has 94 heavy (non-hydrogen) atoms. The SMILES string of the molecule is C=CC(=O)CCOC(=O)/C(C#N)=C1/CC(C)(C)CC(N(C)CCO[C@](CC)(COCCN(C)/C(CC(C)(C)C)=C(/C=C(\C#N)C(=O)OCCOC(O)C=C)C(F)(F)F)COCCN(C)[C@H]2CC(C)(C)C/C(=C(/C#N)C(=O)OCCOC(=O)C=C)C2C(F)(F)F)C1C(F)(F)F. The molecule has 0 saturated heterocycles. The van der Waals surface area contributed by atoms with E-state index < -0.39 is 173 Å². The number of ketones is 1. The molecule has 2 rings (SSSR count). The first-order valence-corrected chi connectivity index (χ1v) is 30.1. The van der Waals surface area contributed by atoms with Crippen LogP contribution in [-0.4, -0.2) is 199 Å². The highest BCUT2D eigenvalue weighted by Gasteiger charge is 2.56. The predicted octanol–water partition coefficient (Wildman–Crippen LogP) is 10.1. The summed E-state index contributed by atoms with van der Waals surface area (Å²) < 4.78 is 181. The number of halogens is 9. The van der Waals surface area contributed by atoms with Crippen molar-refractivity contribution in [1.29, 1.82) is 15.8 Å². The number of carbonyl (C=O) groups is 5. The monoisotopic (exact) mass is 1350 g/mol. The van der Waals surface area contributed by atoms with Crippen LogP contribution in [0, 0.1) is 62.1 Å². The van der Waals surface area contributed by atoms with E-state index in [1.165, 1.54) is 41.9 Å². The Morgan fingerprint density at radius 2 is 1.11 bits per heavy atom. The summed E-state index contributed by atoms with van der Waals surface area (Å²) in [5.74, 6) is -10.2. The minimum atomic E-state index is -5.15. The van der Waals surface area contributed by atoms with Gasteiger partial charge in [-0.25, -0.2) is 19.2 Å². The van der Waals surface area contributed by atoms with Crippen LogP contribution in [-0.2, 0) is 61.9 Å². The van der Waals surface area contributed by atoms with Crippen LogP contribution in [0.2, 0.25) is 0 Å². The Balaban J connectivity index is 2.67. The maximum absolute atomic E-state index is 15.4. The van der Waals surface area contributed by atoms with Crippen LogP contribution >= 0.6 is 0 Å². The number of aliphatic hydroxyl groups excluding tert-OH is 1. The summed E-state index contributed by atoms with van der Waals surface area (Å²) in [5, 5.41) is 39.7. The van der Waals surface area contributed by atoms with Gasteiger partial charge in [0.15, 0.2) is 12.1 Å². The van der Waals surface area contributed by atoms with Crippen molar-refractivity contribution >= 4 is 29.7 Å². The number of hydrogen-bond acceptors (Lipinski definition) is 20. The van der Waals surface area contributed by atoms with E-state index in [1.807, 2.05) is 0 Å². The van der Waals surface area contributed by atoms with E-state index in [1.54, 1.807) is 67.5 Å². The van der Waals surface area contributed by atoms with E-state index in [9.17, 15) is 44.9 Å². The Bertz CT molecular complexity index is 2910. The van der Waals surface area contributed by atoms with Crippen molar-refractivity contribution < 1.29 is 106 Å². The van der Waals surface area contributed by atoms with Gasteiger partial charge < -0.3 is 57.7 Å². The van der Waals surface area contributed by atoms with Gasteiger partial charge in [0.2, 0.25) is 0 Å². The van der Waals surface area contributed by atoms with E-state index in [0.29, 0.717) is 6.08 Å². The molecule has 29 heteroatoms. The summed E-state index contributed by atoms with van der Waals surface area (Å²) in [6.45, 7) is 18.1. The fourth-order valence-electron chi connectivity index (χ4n) is 10.9. The lowest BCUT2D eigenvalue weighted by Gasteiger charge is -2.47. The number of allylic oxidation sites excluding steroid dienone is 4. The van der Waals surface area contributed by atoms with Crippen LogP contribution in [0.1, 0.15) is 100 Å². The fourth-order valence-corrected chi connectivity index (χ4v) is 10.9. The molecule has 0 radical (unpaired) electrons. The third kappa shape index (κ3) is 26.7. The van der Waals surface area contributed by atoms with Crippen molar-refractivity contribution in [3.05, 3.63) is 83.2 Å². The summed E-state index contributed by atoms with van der Waals surface area (Å²) in [7, 11) is 4.10. The van der Waals surface area contributed by atoms with Crippen LogP contribution in [0.3, 0.4) is 0 Å². The van der Waals surface area contributed by atoms with Crippen LogP contribution in [0.5, 0.6) is 0 Å². The first-order chi connectivity index (χ1) is 43.5. The summed E-state index contributed by atoms with van der Waals surface area (Å²) >= 11 is 0. The number of esters is 4. The van der Waals surface area contributed by atoms with Crippen LogP contribution in [0.15, 0.2) is 83.2 Å². The molecule has 2 fully saturated rings. The molecule has 0 aromatic carbocycles. The van der Waals surface area contributed by atoms with Crippen molar-refractivity contribution in [1.82, 2.24) is 14.7 Å². The van der Waals surface area contributed by atoms with Crippen LogP contribution < -0.4 is 0 Å². The van der Waals surface area contributed by atoms with Gasteiger partial charge in [0.25, 0.3) is 0 Å². The Morgan fingerprint density at radius 1 is 0.649 bits per heavy atom. The first-order valence-electron chi connectivity index (χ1n) is 30.1. The number of carbonyl (C=O) groups excluding carboxylic acids is 5. The van der Waals surface area contributed by atoms with Crippen LogP contribution in [0.4, 0.5) is 39.5 Å². The number of alkyl halides is 9. The van der Waals surface area contributed by atoms with Gasteiger partial charge in [0.1, 0.15) is 60.3 Å². The zero-order valence-electron chi connectivity index (χ0n) is 55.3. The standard InChI is InChI=1S/C65H89F9N6O14/c1-15-43(81)19-23-91-57(85)46(38-76)44-32-61(10,11)36-51(55(44)65(72,73)74)80(14)22-26-94-62(18-4,40-87-24-20-78(12)49(34-59(5,6)7)48(63(66,67)68)31-42(37-75)56(84)92-29-27-89-52(82)16-2)41-88-25-21-79(13)50-35-60(8,9)33-45(54(50)64(69,70)71)47(39-77)58(86)93-30-28-90-53(83)17-3/h15-17,31,50-52,54-55,82H,1-3,18-30,32-36,40-41H2,4-14H3/b42-31+,46-44-,47-45+,49-48-/t50-,51?,52?,54?,55?,62+/m0/s1. The molecular weight excluding hydrogens is 1260 g/mol. The zero-order chi connectivity index (χ0) is 71.8. The number of rotatable bonds is 36. The van der Waals surface area contributed by atoms with E-state index in [4.69, 9.17) is 37.9 Å². The van der Waals surface area contributed by atoms with Crippen molar-refractivity contribution in [2.24, 2.45) is 28.1 Å². The highest BCUT2D eigenvalue weighted by Crippen LogP contribution is 2.52. The average molecular weight is 1350 g/mol. The van der Waals surface area contributed by atoms with Crippen LogP contribution in [0.25, 0.3) is 0 Å². The molecule has 4 unspecified atom stereocenters. The van der Waals surface area contributed by atoms with Crippen molar-refractivity contribution in [2.75, 3.05) is 107 Å². The second-order valence-corrected chi connectivity index (χ2v) is 25.6. The molecule has 20 nitrogen and oxygen atoms in total. The second kappa shape index (κ2) is 36.8. The van der Waals surface area contributed by atoms with E-state index in [-0.39, 0.29) is 96.7 Å². The van der Waals surface area contributed by atoms with Gasteiger partial charge in [-0.3, -0.25) is 4.79 Å². The molecule has 0 heterocycles. The summed E-state index contributed by atoms with van der Waals surface area (Å²) in [6, 6.07) is 1.85. The third-order valence-corrected chi connectivity index (χ3v) is 15.6. The van der Waals surface area contributed by atoms with E-state index in [2.05, 4.69) is 19.7 Å². The lowest BCUT2D eigenvalue weighted by Crippen LogP contribution is -2.53. The Kier molecular flexibility index (Phi) is 32.6. The quantitative estimate of drug-likeness (QED) is 0.00704. The predicted molar refractivity (Wildman–Crippen MR) is 323 cm³/mol. The molecule has 0 bridgehead atoms. The minimum Gasteiger partial charge on any atom is -0.461 e. The van der Waals surface area contributed by atoms with Gasteiger partial charge in [-0.15, -0.1) is 0 Å². The van der Waals surface area contributed by atoms with Gasteiger partial charge in [0, 0.05) is 57.0 Å². The number of nitriles is 3. The first kappa shape index (κ1) is 83.2. The number of ether oxygens (including phenoxy) is 8. The molecule has 0 amide bonds. The maximum Gasteiger partial charge on any atom is 0.418 e. The third-order valence-electron chi connectivity index (χ3n) is 15.6. The fraction of sp³-hybridized carbons (Fsp3) is 0.662. The minimum absolute atomic E-state index is 0.0278. The molecule has 2 aliphatic carbocycles. The van der Waals surface area contributed by atoms with Gasteiger partial charge in [-0.1, -0.05) is 75.1 Å². The molecule has 0 spiro atoms. The zero-order valence-corrected chi connectivity index (χ0v) is 55.3. The number of nitrogens with zero attached hydrogens (tertiary/aromatic N) is 6.